The third-order valence-electron chi connectivity index (χ3n) is 3.93. The summed E-state index contributed by atoms with van der Waals surface area (Å²) in [6, 6.07) is 4.43. The monoisotopic (exact) mass is 326 g/mol. The third-order valence-corrected chi connectivity index (χ3v) is 6.08. The first-order valence-electron chi connectivity index (χ1n) is 6.90. The van der Waals surface area contributed by atoms with Gasteiger partial charge in [0.25, 0.3) is 0 Å². The van der Waals surface area contributed by atoms with Crippen LogP contribution >= 0.6 is 0 Å². The lowest BCUT2D eigenvalue weighted by Gasteiger charge is -2.30. The van der Waals surface area contributed by atoms with Crippen LogP contribution in [-0.2, 0) is 21.8 Å². The van der Waals surface area contributed by atoms with Crippen molar-refractivity contribution in [1.82, 2.24) is 8.87 Å². The number of aryl methyl sites for hydroxylation is 1. The minimum Gasteiger partial charge on any atom is -0.408 e. The van der Waals surface area contributed by atoms with Crippen molar-refractivity contribution in [3.8, 4) is 0 Å². The van der Waals surface area contributed by atoms with Gasteiger partial charge >= 0.3 is 5.76 Å². The van der Waals surface area contributed by atoms with Crippen LogP contribution in [0.5, 0.6) is 0 Å². The molecular formula is C14H18N2O5S. The molecule has 0 bridgehead atoms. The molecule has 0 amide bonds. The van der Waals surface area contributed by atoms with Crippen molar-refractivity contribution in [2.45, 2.75) is 37.4 Å². The smallest absolute Gasteiger partial charge is 0.408 e. The molecule has 1 fully saturated rings. The van der Waals surface area contributed by atoms with Gasteiger partial charge in [-0.3, -0.25) is 4.57 Å². The van der Waals surface area contributed by atoms with Crippen LogP contribution < -0.4 is 5.76 Å². The first-order valence-corrected chi connectivity index (χ1v) is 8.34. The Morgan fingerprint density at radius 2 is 2.00 bits per heavy atom. The molecule has 0 aliphatic carbocycles. The van der Waals surface area contributed by atoms with Gasteiger partial charge in [0.15, 0.2) is 5.58 Å². The normalized spacial score (nSPS) is 22.5. The third kappa shape index (κ3) is 2.10. The van der Waals surface area contributed by atoms with Gasteiger partial charge in [0, 0.05) is 13.1 Å². The van der Waals surface area contributed by atoms with Crippen molar-refractivity contribution in [3.05, 3.63) is 28.7 Å². The summed E-state index contributed by atoms with van der Waals surface area (Å²) in [5.41, 5.74) is 0.165. The standard InChI is InChI=1S/C14H18N2O5S/c1-9-16(14(2,3)8-20-9)22(18,19)10-5-6-11-12(7-10)21-13(17)15(11)4/h5-7,9H,8H2,1-4H3. The number of hydrogen-bond acceptors (Lipinski definition) is 5. The summed E-state index contributed by atoms with van der Waals surface area (Å²) in [6.45, 7) is 5.66. The number of fused-ring (bicyclic) bond motifs is 1. The van der Waals surface area contributed by atoms with Crippen molar-refractivity contribution in [1.29, 1.82) is 0 Å². The Morgan fingerprint density at radius 1 is 1.32 bits per heavy atom. The number of aromatic nitrogens is 1. The number of benzene rings is 1. The Morgan fingerprint density at radius 3 is 2.59 bits per heavy atom. The summed E-state index contributed by atoms with van der Waals surface area (Å²) in [6.07, 6.45) is -0.543. The van der Waals surface area contributed by atoms with Crippen LogP contribution in [0.15, 0.2) is 32.3 Å². The number of hydrogen-bond donors (Lipinski definition) is 0. The highest BCUT2D eigenvalue weighted by atomic mass is 32.2. The molecule has 1 atom stereocenters. The molecule has 0 spiro atoms. The van der Waals surface area contributed by atoms with E-state index in [4.69, 9.17) is 9.15 Å². The highest BCUT2D eigenvalue weighted by Gasteiger charge is 2.46. The zero-order valence-electron chi connectivity index (χ0n) is 12.9. The molecule has 1 aliphatic rings. The molecule has 2 heterocycles. The van der Waals surface area contributed by atoms with Crippen molar-refractivity contribution in [2.24, 2.45) is 7.05 Å². The van der Waals surface area contributed by atoms with Crippen LogP contribution in [-0.4, -0.2) is 35.7 Å². The fourth-order valence-electron chi connectivity index (χ4n) is 2.86. The predicted octanol–water partition coefficient (Wildman–Crippen LogP) is 1.28. The molecule has 0 radical (unpaired) electrons. The molecule has 7 nitrogen and oxygen atoms in total. The molecule has 1 aromatic heterocycles. The fraction of sp³-hybridized carbons (Fsp3) is 0.500. The molecule has 1 saturated heterocycles. The summed E-state index contributed by atoms with van der Waals surface area (Å²) < 4.78 is 39.0. The Balaban J connectivity index is 2.15. The van der Waals surface area contributed by atoms with Gasteiger partial charge in [-0.2, -0.15) is 4.31 Å². The van der Waals surface area contributed by atoms with Gasteiger partial charge < -0.3 is 9.15 Å². The van der Waals surface area contributed by atoms with Crippen LogP contribution in [0, 0.1) is 0 Å². The van der Waals surface area contributed by atoms with Gasteiger partial charge in [-0.05, 0) is 32.9 Å². The summed E-state index contributed by atoms with van der Waals surface area (Å²) in [5, 5.41) is 0. The van der Waals surface area contributed by atoms with E-state index < -0.39 is 27.5 Å². The van der Waals surface area contributed by atoms with Crippen LogP contribution in [0.2, 0.25) is 0 Å². The maximum Gasteiger partial charge on any atom is 0.419 e. The van der Waals surface area contributed by atoms with Crippen LogP contribution in [0.4, 0.5) is 0 Å². The van der Waals surface area contributed by atoms with E-state index in [1.165, 1.54) is 21.0 Å². The van der Waals surface area contributed by atoms with E-state index in [-0.39, 0.29) is 10.5 Å². The fourth-order valence-corrected chi connectivity index (χ4v) is 4.74. The maximum atomic E-state index is 12.9. The van der Waals surface area contributed by atoms with Gasteiger partial charge in [-0.15, -0.1) is 0 Å². The first kappa shape index (κ1) is 15.3. The molecule has 3 rings (SSSR count). The summed E-state index contributed by atoms with van der Waals surface area (Å²) >= 11 is 0. The van der Waals surface area contributed by atoms with E-state index in [9.17, 15) is 13.2 Å². The zero-order chi connectivity index (χ0) is 16.3. The SMILES string of the molecule is CC1OCC(C)(C)N1S(=O)(=O)c1ccc2c(c1)oc(=O)n2C. The predicted molar refractivity (Wildman–Crippen MR) is 80.0 cm³/mol. The highest BCUT2D eigenvalue weighted by Crippen LogP contribution is 2.34. The summed E-state index contributed by atoms with van der Waals surface area (Å²) in [5.74, 6) is -0.525. The number of nitrogens with zero attached hydrogens (tertiary/aromatic N) is 2. The Hall–Kier alpha value is -1.64. The van der Waals surface area contributed by atoms with Gasteiger partial charge in [0.1, 0.15) is 6.23 Å². The Kier molecular flexibility index (Phi) is 3.24. The minimum absolute atomic E-state index is 0.0831. The Labute approximate surface area is 128 Å². The lowest BCUT2D eigenvalue weighted by atomic mass is 10.1. The number of oxazole rings is 1. The second kappa shape index (κ2) is 4.68. The van der Waals surface area contributed by atoms with Crippen LogP contribution in [0.1, 0.15) is 20.8 Å². The highest BCUT2D eigenvalue weighted by molar-refractivity contribution is 7.89. The topological polar surface area (TPSA) is 81.8 Å². The van der Waals surface area contributed by atoms with Crippen molar-refractivity contribution in [3.63, 3.8) is 0 Å². The summed E-state index contributed by atoms with van der Waals surface area (Å²) in [4.78, 5) is 11.6. The van der Waals surface area contributed by atoms with E-state index in [2.05, 4.69) is 0 Å². The summed E-state index contributed by atoms with van der Waals surface area (Å²) in [7, 11) is -2.18. The molecule has 0 N–H and O–H groups in total. The molecule has 22 heavy (non-hydrogen) atoms. The van der Waals surface area contributed by atoms with E-state index >= 15 is 0 Å². The van der Waals surface area contributed by atoms with Gasteiger partial charge in [0.05, 0.1) is 22.6 Å². The second-order valence-corrected chi connectivity index (χ2v) is 7.90. The molecule has 120 valence electrons. The number of sulfonamides is 1. The number of rotatable bonds is 2. The van der Waals surface area contributed by atoms with Crippen LogP contribution in [0.25, 0.3) is 11.1 Å². The lowest BCUT2D eigenvalue weighted by molar-refractivity contribution is 0.0843. The van der Waals surface area contributed by atoms with Crippen LogP contribution in [0.3, 0.4) is 0 Å². The Bertz CT molecular complexity index is 894. The average molecular weight is 326 g/mol. The maximum absolute atomic E-state index is 12.9. The van der Waals surface area contributed by atoms with E-state index in [1.54, 1.807) is 20.0 Å². The molecule has 0 saturated carbocycles. The average Bonchev–Trinajstić information content (AvgIpc) is 2.86. The van der Waals surface area contributed by atoms with E-state index in [0.717, 1.165) is 0 Å². The minimum atomic E-state index is -3.75. The second-order valence-electron chi connectivity index (χ2n) is 6.08. The molecule has 1 unspecified atom stereocenters. The molecule has 8 heteroatoms. The van der Waals surface area contributed by atoms with E-state index in [1.807, 2.05) is 13.8 Å². The van der Waals surface area contributed by atoms with E-state index in [0.29, 0.717) is 12.1 Å². The molecule has 2 aromatic rings. The molecule has 1 aliphatic heterocycles. The largest absolute Gasteiger partial charge is 0.419 e. The van der Waals surface area contributed by atoms with Crippen molar-refractivity contribution >= 4 is 21.1 Å². The van der Waals surface area contributed by atoms with Crippen molar-refractivity contribution in [2.75, 3.05) is 6.61 Å². The molecular weight excluding hydrogens is 308 g/mol. The quantitative estimate of drug-likeness (QED) is 0.830. The number of ether oxygens (including phenoxy) is 1. The zero-order valence-corrected chi connectivity index (χ0v) is 13.7. The molecule has 1 aromatic carbocycles. The lowest BCUT2D eigenvalue weighted by Crippen LogP contribution is -2.47. The van der Waals surface area contributed by atoms with Gasteiger partial charge in [0.2, 0.25) is 10.0 Å². The van der Waals surface area contributed by atoms with Crippen molar-refractivity contribution < 1.29 is 17.6 Å². The first-order chi connectivity index (χ1) is 10.1. The van der Waals surface area contributed by atoms with Gasteiger partial charge in [-0.1, -0.05) is 0 Å². The van der Waals surface area contributed by atoms with Gasteiger partial charge in [-0.25, -0.2) is 13.2 Å².